The molecule has 0 saturated carbocycles. The van der Waals surface area contributed by atoms with Crippen molar-refractivity contribution < 1.29 is 23.6 Å². The van der Waals surface area contributed by atoms with Crippen LogP contribution < -0.4 is 10.1 Å². The molecule has 0 spiro atoms. The van der Waals surface area contributed by atoms with Crippen LogP contribution in [0.4, 0.5) is 10.5 Å². The first-order chi connectivity index (χ1) is 10.0. The molecule has 2 N–H and O–H groups in total. The lowest BCUT2D eigenvalue weighted by Gasteiger charge is -2.26. The number of nitrogens with zero attached hydrogens (tertiary/aromatic N) is 1. The van der Waals surface area contributed by atoms with Gasteiger partial charge in [0.25, 0.3) is 0 Å². The molecule has 1 saturated heterocycles. The van der Waals surface area contributed by atoms with Gasteiger partial charge in [0.05, 0.1) is 18.4 Å². The number of amides is 2. The molecule has 0 unspecified atom stereocenters. The number of benzene rings is 1. The van der Waals surface area contributed by atoms with E-state index in [1.54, 1.807) is 4.90 Å². The van der Waals surface area contributed by atoms with E-state index in [2.05, 4.69) is 5.32 Å². The molecule has 7 nitrogen and oxygen atoms in total. The Morgan fingerprint density at radius 2 is 2.00 bits per heavy atom. The standard InChI is InChI=1S/C13H16N2O5S/c1-20-11-3-2-9(12(16)17)8-10(11)14-13(18)15-4-6-21(19)7-5-15/h2-3,8H,4-7H2,1H3,(H,14,18)(H,16,17). The van der Waals surface area contributed by atoms with Gasteiger partial charge >= 0.3 is 12.0 Å². The van der Waals surface area contributed by atoms with Crippen LogP contribution in [-0.2, 0) is 10.8 Å². The second-order valence-corrected chi connectivity index (χ2v) is 6.18. The summed E-state index contributed by atoms with van der Waals surface area (Å²) in [7, 11) is 0.576. The highest BCUT2D eigenvalue weighted by atomic mass is 32.2. The number of methoxy groups -OCH3 is 1. The molecule has 8 heteroatoms. The van der Waals surface area contributed by atoms with E-state index in [0.29, 0.717) is 36.0 Å². The van der Waals surface area contributed by atoms with Crippen LogP contribution in [0.1, 0.15) is 10.4 Å². The molecule has 1 heterocycles. The van der Waals surface area contributed by atoms with E-state index in [0.717, 1.165) is 0 Å². The number of carboxylic acids is 1. The second kappa shape index (κ2) is 6.57. The Bertz CT molecular complexity index is 580. The molecule has 1 aliphatic rings. The molecule has 1 aromatic rings. The van der Waals surface area contributed by atoms with Gasteiger partial charge < -0.3 is 20.1 Å². The van der Waals surface area contributed by atoms with E-state index >= 15 is 0 Å². The first-order valence-electron chi connectivity index (χ1n) is 6.33. The number of carbonyl (C=O) groups excluding carboxylic acids is 1. The highest BCUT2D eigenvalue weighted by Crippen LogP contribution is 2.26. The van der Waals surface area contributed by atoms with Crippen molar-refractivity contribution in [3.63, 3.8) is 0 Å². The van der Waals surface area contributed by atoms with Crippen LogP contribution in [0.3, 0.4) is 0 Å². The van der Waals surface area contributed by atoms with Gasteiger partial charge in [-0.2, -0.15) is 0 Å². The van der Waals surface area contributed by atoms with Crippen molar-refractivity contribution in [3.05, 3.63) is 23.8 Å². The van der Waals surface area contributed by atoms with Crippen molar-refractivity contribution in [1.29, 1.82) is 0 Å². The monoisotopic (exact) mass is 312 g/mol. The number of urea groups is 1. The molecule has 114 valence electrons. The van der Waals surface area contributed by atoms with Crippen molar-refractivity contribution in [2.45, 2.75) is 0 Å². The van der Waals surface area contributed by atoms with E-state index in [-0.39, 0.29) is 11.6 Å². The Balaban J connectivity index is 2.13. The molecular formula is C13H16N2O5S. The number of carboxylic acid groups (broad SMARTS) is 1. The SMILES string of the molecule is COc1ccc(C(=O)O)cc1NC(=O)N1CCS(=O)CC1. The van der Waals surface area contributed by atoms with E-state index in [9.17, 15) is 13.8 Å². The molecule has 2 rings (SSSR count). The van der Waals surface area contributed by atoms with Gasteiger partial charge in [-0.15, -0.1) is 0 Å². The van der Waals surface area contributed by atoms with Crippen LogP contribution in [-0.4, -0.2) is 57.9 Å². The average molecular weight is 312 g/mol. The van der Waals surface area contributed by atoms with E-state index in [1.165, 1.54) is 25.3 Å². The highest BCUT2D eigenvalue weighted by molar-refractivity contribution is 7.85. The summed E-state index contributed by atoms with van der Waals surface area (Å²) in [6.45, 7) is 0.832. The van der Waals surface area contributed by atoms with Gasteiger partial charge in [0.1, 0.15) is 5.75 Å². The Morgan fingerprint density at radius 3 is 2.57 bits per heavy atom. The van der Waals surface area contributed by atoms with Gasteiger partial charge in [-0.05, 0) is 18.2 Å². The summed E-state index contributed by atoms with van der Waals surface area (Å²) in [6.07, 6.45) is 0. The fraction of sp³-hybridized carbons (Fsp3) is 0.385. The van der Waals surface area contributed by atoms with Crippen molar-refractivity contribution in [1.82, 2.24) is 4.90 Å². The summed E-state index contributed by atoms with van der Waals surface area (Å²) in [5, 5.41) is 11.6. The summed E-state index contributed by atoms with van der Waals surface area (Å²) in [5.41, 5.74) is 0.361. The number of hydrogen-bond donors (Lipinski definition) is 2. The van der Waals surface area contributed by atoms with Gasteiger partial charge in [-0.3, -0.25) is 4.21 Å². The molecular weight excluding hydrogens is 296 g/mol. The van der Waals surface area contributed by atoms with Crippen LogP contribution in [0.2, 0.25) is 0 Å². The summed E-state index contributed by atoms with van der Waals surface area (Å²) in [4.78, 5) is 24.7. The molecule has 0 atom stereocenters. The molecule has 0 radical (unpaired) electrons. The highest BCUT2D eigenvalue weighted by Gasteiger charge is 2.21. The fourth-order valence-electron chi connectivity index (χ4n) is 1.97. The van der Waals surface area contributed by atoms with E-state index in [1.807, 2.05) is 0 Å². The topological polar surface area (TPSA) is 95.9 Å². The Hall–Kier alpha value is -2.09. The zero-order chi connectivity index (χ0) is 15.4. The molecule has 21 heavy (non-hydrogen) atoms. The van der Waals surface area contributed by atoms with Crippen molar-refractivity contribution in [2.24, 2.45) is 0 Å². The van der Waals surface area contributed by atoms with E-state index in [4.69, 9.17) is 9.84 Å². The summed E-state index contributed by atoms with van der Waals surface area (Å²) in [6, 6.07) is 3.89. The van der Waals surface area contributed by atoms with Gasteiger partial charge in [0, 0.05) is 35.4 Å². The first kappa shape index (κ1) is 15.3. The number of aromatic carboxylic acids is 1. The van der Waals surface area contributed by atoms with Crippen LogP contribution in [0.15, 0.2) is 18.2 Å². The Labute approximate surface area is 124 Å². The number of carbonyl (C=O) groups is 2. The number of hydrogen-bond acceptors (Lipinski definition) is 4. The molecule has 2 amide bonds. The maximum atomic E-state index is 12.1. The van der Waals surface area contributed by atoms with Crippen LogP contribution >= 0.6 is 0 Å². The lowest BCUT2D eigenvalue weighted by atomic mass is 10.2. The minimum atomic E-state index is -1.08. The third-order valence-corrected chi connectivity index (χ3v) is 4.43. The average Bonchev–Trinajstić information content (AvgIpc) is 2.47. The van der Waals surface area contributed by atoms with Crippen LogP contribution in [0, 0.1) is 0 Å². The zero-order valence-corrected chi connectivity index (χ0v) is 12.3. The Morgan fingerprint density at radius 1 is 1.33 bits per heavy atom. The van der Waals surface area contributed by atoms with Gasteiger partial charge in [-0.1, -0.05) is 0 Å². The maximum absolute atomic E-state index is 12.1. The van der Waals surface area contributed by atoms with Crippen molar-refractivity contribution in [3.8, 4) is 5.75 Å². The lowest BCUT2D eigenvalue weighted by molar-refractivity contribution is 0.0697. The predicted octanol–water partition coefficient (Wildman–Crippen LogP) is 0.990. The van der Waals surface area contributed by atoms with Crippen molar-refractivity contribution >= 4 is 28.5 Å². The molecule has 1 fully saturated rings. The zero-order valence-electron chi connectivity index (χ0n) is 11.5. The largest absolute Gasteiger partial charge is 0.495 e. The van der Waals surface area contributed by atoms with Crippen molar-refractivity contribution in [2.75, 3.05) is 37.0 Å². The molecule has 0 aromatic heterocycles. The fourth-order valence-corrected chi connectivity index (χ4v) is 3.03. The quantitative estimate of drug-likeness (QED) is 0.867. The van der Waals surface area contributed by atoms with Crippen LogP contribution in [0.5, 0.6) is 5.75 Å². The minimum absolute atomic E-state index is 0.0610. The van der Waals surface area contributed by atoms with Gasteiger partial charge in [0.15, 0.2) is 0 Å². The normalized spacial score (nSPS) is 15.6. The number of anilines is 1. The maximum Gasteiger partial charge on any atom is 0.335 e. The molecule has 0 aliphatic carbocycles. The predicted molar refractivity (Wildman–Crippen MR) is 78.4 cm³/mol. The smallest absolute Gasteiger partial charge is 0.335 e. The molecule has 0 bridgehead atoms. The minimum Gasteiger partial charge on any atom is -0.495 e. The Kier molecular flexibility index (Phi) is 4.79. The summed E-state index contributed by atoms with van der Waals surface area (Å²) >= 11 is 0. The van der Waals surface area contributed by atoms with Gasteiger partial charge in [0.2, 0.25) is 0 Å². The second-order valence-electron chi connectivity index (χ2n) is 4.49. The summed E-state index contributed by atoms with van der Waals surface area (Å²) < 4.78 is 16.4. The number of ether oxygens (including phenoxy) is 1. The first-order valence-corrected chi connectivity index (χ1v) is 7.82. The van der Waals surface area contributed by atoms with E-state index < -0.39 is 16.8 Å². The lowest BCUT2D eigenvalue weighted by Crippen LogP contribution is -2.44. The number of nitrogens with one attached hydrogen (secondary N) is 1. The molecule has 1 aromatic carbocycles. The number of rotatable bonds is 3. The third-order valence-electron chi connectivity index (χ3n) is 3.15. The molecule has 1 aliphatic heterocycles. The third kappa shape index (κ3) is 3.72. The van der Waals surface area contributed by atoms with Crippen LogP contribution in [0.25, 0.3) is 0 Å². The summed E-state index contributed by atoms with van der Waals surface area (Å²) in [5.74, 6) is 0.217. The van der Waals surface area contributed by atoms with Gasteiger partial charge in [-0.25, -0.2) is 9.59 Å².